The van der Waals surface area contributed by atoms with Crippen LogP contribution in [0.15, 0.2) is 0 Å². The number of carbonyl (C=O) groups excluding carboxylic acids is 1. The van der Waals surface area contributed by atoms with Crippen LogP contribution in [0, 0.1) is 0 Å². The van der Waals surface area contributed by atoms with Gasteiger partial charge in [0.1, 0.15) is 11.8 Å². The molecule has 0 spiro atoms. The SMILES string of the molecule is CC(C)(C)OC(=O)N1C2CCC1C(F)C(N)C2. The highest BCUT2D eigenvalue weighted by Gasteiger charge is 2.49. The van der Waals surface area contributed by atoms with Crippen molar-refractivity contribution in [2.75, 3.05) is 0 Å². The smallest absolute Gasteiger partial charge is 0.410 e. The van der Waals surface area contributed by atoms with Gasteiger partial charge in [-0.1, -0.05) is 0 Å². The van der Waals surface area contributed by atoms with Crippen LogP contribution in [0.4, 0.5) is 9.18 Å². The van der Waals surface area contributed by atoms with Crippen LogP contribution < -0.4 is 5.73 Å². The Kier molecular flexibility index (Phi) is 3.06. The Balaban J connectivity index is 2.10. The molecule has 2 aliphatic rings. The number of halogens is 1. The number of piperidine rings is 1. The van der Waals surface area contributed by atoms with E-state index in [0.717, 1.165) is 6.42 Å². The predicted octanol–water partition coefficient (Wildman–Crippen LogP) is 1.82. The van der Waals surface area contributed by atoms with Crippen molar-refractivity contribution in [1.29, 1.82) is 0 Å². The van der Waals surface area contributed by atoms with Crippen molar-refractivity contribution in [2.45, 2.75) is 69.9 Å². The number of rotatable bonds is 0. The molecule has 2 heterocycles. The summed E-state index contributed by atoms with van der Waals surface area (Å²) in [5, 5.41) is 0. The van der Waals surface area contributed by atoms with Crippen molar-refractivity contribution >= 4 is 6.09 Å². The molecule has 2 aliphatic heterocycles. The summed E-state index contributed by atoms with van der Waals surface area (Å²) in [5.74, 6) is 0. The second-order valence-corrected chi connectivity index (χ2v) is 6.03. The van der Waals surface area contributed by atoms with E-state index < -0.39 is 29.9 Å². The zero-order chi connectivity index (χ0) is 12.8. The molecule has 2 rings (SSSR count). The maximum absolute atomic E-state index is 13.9. The maximum atomic E-state index is 13.9. The lowest BCUT2D eigenvalue weighted by molar-refractivity contribution is -0.00988. The molecule has 4 atom stereocenters. The summed E-state index contributed by atoms with van der Waals surface area (Å²) in [7, 11) is 0. The van der Waals surface area contributed by atoms with Crippen molar-refractivity contribution in [3.63, 3.8) is 0 Å². The van der Waals surface area contributed by atoms with Crippen LogP contribution >= 0.6 is 0 Å². The fraction of sp³-hybridized carbons (Fsp3) is 0.917. The highest BCUT2D eigenvalue weighted by Crippen LogP contribution is 2.37. The highest BCUT2D eigenvalue weighted by atomic mass is 19.1. The third-order valence-corrected chi connectivity index (χ3v) is 3.47. The third kappa shape index (κ3) is 2.39. The van der Waals surface area contributed by atoms with Gasteiger partial charge in [-0.05, 0) is 40.0 Å². The molecule has 4 nitrogen and oxygen atoms in total. The Labute approximate surface area is 101 Å². The van der Waals surface area contributed by atoms with Crippen molar-refractivity contribution < 1.29 is 13.9 Å². The van der Waals surface area contributed by atoms with E-state index in [1.54, 1.807) is 4.90 Å². The minimum Gasteiger partial charge on any atom is -0.444 e. The average Bonchev–Trinajstić information content (AvgIpc) is 2.51. The summed E-state index contributed by atoms with van der Waals surface area (Å²) in [6.45, 7) is 5.44. The van der Waals surface area contributed by atoms with Crippen molar-refractivity contribution in [1.82, 2.24) is 4.90 Å². The summed E-state index contributed by atoms with van der Waals surface area (Å²) in [5.41, 5.74) is 5.20. The van der Waals surface area contributed by atoms with Gasteiger partial charge in [0.05, 0.1) is 6.04 Å². The van der Waals surface area contributed by atoms with Gasteiger partial charge < -0.3 is 10.5 Å². The first-order chi connectivity index (χ1) is 7.79. The van der Waals surface area contributed by atoms with Crippen LogP contribution in [-0.4, -0.2) is 40.9 Å². The summed E-state index contributed by atoms with van der Waals surface area (Å²) >= 11 is 0. The molecule has 2 fully saturated rings. The zero-order valence-electron chi connectivity index (χ0n) is 10.6. The van der Waals surface area contributed by atoms with Crippen LogP contribution in [0.5, 0.6) is 0 Å². The summed E-state index contributed by atoms with van der Waals surface area (Å²) < 4.78 is 19.3. The second-order valence-electron chi connectivity index (χ2n) is 6.03. The number of nitrogens with two attached hydrogens (primary N) is 1. The summed E-state index contributed by atoms with van der Waals surface area (Å²) in [6.07, 6.45) is 0.536. The Morgan fingerprint density at radius 1 is 1.41 bits per heavy atom. The molecule has 2 bridgehead atoms. The third-order valence-electron chi connectivity index (χ3n) is 3.47. The maximum Gasteiger partial charge on any atom is 0.410 e. The number of alkyl halides is 1. The second kappa shape index (κ2) is 4.12. The van der Waals surface area contributed by atoms with Crippen LogP contribution in [0.3, 0.4) is 0 Å². The molecule has 17 heavy (non-hydrogen) atoms. The lowest BCUT2D eigenvalue weighted by Gasteiger charge is -2.40. The van der Waals surface area contributed by atoms with Crippen LogP contribution in [0.1, 0.15) is 40.0 Å². The fourth-order valence-electron chi connectivity index (χ4n) is 2.78. The van der Waals surface area contributed by atoms with Gasteiger partial charge in [0.2, 0.25) is 0 Å². The zero-order valence-corrected chi connectivity index (χ0v) is 10.6. The minimum absolute atomic E-state index is 0.0526. The first kappa shape index (κ1) is 12.6. The molecule has 0 radical (unpaired) electrons. The first-order valence-electron chi connectivity index (χ1n) is 6.20. The molecule has 2 saturated heterocycles. The van der Waals surface area contributed by atoms with Gasteiger partial charge >= 0.3 is 6.09 Å². The Hall–Kier alpha value is -0.840. The predicted molar refractivity (Wildman–Crippen MR) is 62.4 cm³/mol. The van der Waals surface area contributed by atoms with Gasteiger partial charge in [-0.15, -0.1) is 0 Å². The Bertz CT molecular complexity index is 316. The lowest BCUT2D eigenvalue weighted by Crippen LogP contribution is -2.57. The van der Waals surface area contributed by atoms with Gasteiger partial charge in [0, 0.05) is 12.1 Å². The molecule has 5 heteroatoms. The van der Waals surface area contributed by atoms with Crippen molar-refractivity contribution in [3.05, 3.63) is 0 Å². The molecule has 1 amide bonds. The molecule has 0 aromatic rings. The van der Waals surface area contributed by atoms with E-state index in [9.17, 15) is 9.18 Å². The molecule has 4 unspecified atom stereocenters. The number of fused-ring (bicyclic) bond motifs is 2. The normalized spacial score (nSPS) is 37.1. The average molecular weight is 244 g/mol. The molecular weight excluding hydrogens is 223 g/mol. The number of ether oxygens (including phenoxy) is 1. The molecule has 2 N–H and O–H groups in total. The first-order valence-corrected chi connectivity index (χ1v) is 6.20. The minimum atomic E-state index is -1.12. The largest absolute Gasteiger partial charge is 0.444 e. The van der Waals surface area contributed by atoms with E-state index in [0.29, 0.717) is 12.8 Å². The highest BCUT2D eigenvalue weighted by molar-refractivity contribution is 5.70. The topological polar surface area (TPSA) is 55.6 Å². The van der Waals surface area contributed by atoms with E-state index in [1.807, 2.05) is 20.8 Å². The lowest BCUT2D eigenvalue weighted by atomic mass is 9.97. The molecule has 0 aromatic heterocycles. The van der Waals surface area contributed by atoms with E-state index in [2.05, 4.69) is 0 Å². The molecular formula is C12H21FN2O2. The molecule has 0 aliphatic carbocycles. The van der Waals surface area contributed by atoms with E-state index in [1.165, 1.54) is 0 Å². The number of hydrogen-bond donors (Lipinski definition) is 1. The van der Waals surface area contributed by atoms with Crippen LogP contribution in [0.25, 0.3) is 0 Å². The molecule has 0 saturated carbocycles. The summed E-state index contributed by atoms with van der Waals surface area (Å²) in [6, 6.07) is -0.776. The van der Waals surface area contributed by atoms with Crippen molar-refractivity contribution in [3.8, 4) is 0 Å². The molecule has 0 aromatic carbocycles. The van der Waals surface area contributed by atoms with E-state index >= 15 is 0 Å². The number of amides is 1. The quantitative estimate of drug-likeness (QED) is 0.707. The standard InChI is InChI=1S/C12H21FN2O2/c1-12(2,3)17-11(16)15-7-4-5-9(15)10(13)8(14)6-7/h7-10H,4-6,14H2,1-3H3. The Morgan fingerprint density at radius 2 is 2.06 bits per heavy atom. The van der Waals surface area contributed by atoms with E-state index in [-0.39, 0.29) is 6.04 Å². The number of carbonyl (C=O) groups is 1. The van der Waals surface area contributed by atoms with Crippen LogP contribution in [0.2, 0.25) is 0 Å². The monoisotopic (exact) mass is 244 g/mol. The van der Waals surface area contributed by atoms with Crippen LogP contribution in [-0.2, 0) is 4.74 Å². The van der Waals surface area contributed by atoms with Gasteiger partial charge in [0.15, 0.2) is 0 Å². The number of nitrogens with zero attached hydrogens (tertiary/aromatic N) is 1. The van der Waals surface area contributed by atoms with Gasteiger partial charge in [-0.25, -0.2) is 9.18 Å². The van der Waals surface area contributed by atoms with Crippen molar-refractivity contribution in [2.24, 2.45) is 5.73 Å². The van der Waals surface area contributed by atoms with Gasteiger partial charge in [0.25, 0.3) is 0 Å². The van der Waals surface area contributed by atoms with E-state index in [4.69, 9.17) is 10.5 Å². The van der Waals surface area contributed by atoms with Gasteiger partial charge in [-0.3, -0.25) is 4.90 Å². The molecule has 98 valence electrons. The van der Waals surface area contributed by atoms with Gasteiger partial charge in [-0.2, -0.15) is 0 Å². The fourth-order valence-corrected chi connectivity index (χ4v) is 2.78. The number of hydrogen-bond acceptors (Lipinski definition) is 3. The summed E-state index contributed by atoms with van der Waals surface area (Å²) in [4.78, 5) is 13.6. The Morgan fingerprint density at radius 3 is 2.65 bits per heavy atom.